The second kappa shape index (κ2) is 7.72. The number of benzene rings is 1. The summed E-state index contributed by atoms with van der Waals surface area (Å²) in [7, 11) is 0. The average Bonchev–Trinajstić information content (AvgIpc) is 3.23. The van der Waals surface area contributed by atoms with Crippen LogP contribution in [0.2, 0.25) is 0 Å². The van der Waals surface area contributed by atoms with E-state index in [0.29, 0.717) is 6.54 Å². The Morgan fingerprint density at radius 1 is 1.12 bits per heavy atom. The molecule has 4 nitrogen and oxygen atoms in total. The Bertz CT molecular complexity index is 894. The van der Waals surface area contributed by atoms with Gasteiger partial charge in [0, 0.05) is 29.8 Å². The van der Waals surface area contributed by atoms with Gasteiger partial charge in [-0.3, -0.25) is 9.69 Å². The first kappa shape index (κ1) is 17.5. The van der Waals surface area contributed by atoms with Crippen molar-refractivity contribution in [3.05, 3.63) is 51.3 Å². The van der Waals surface area contributed by atoms with Crippen LogP contribution in [0.15, 0.2) is 35.0 Å². The highest BCUT2D eigenvalue weighted by molar-refractivity contribution is 7.14. The first-order valence-corrected chi connectivity index (χ1v) is 9.77. The number of rotatable bonds is 5. The number of hydrogen-bond donors (Lipinski definition) is 0. The molecule has 3 aromatic rings. The van der Waals surface area contributed by atoms with Crippen molar-refractivity contribution in [3.63, 3.8) is 0 Å². The van der Waals surface area contributed by atoms with E-state index >= 15 is 0 Å². The fourth-order valence-electron chi connectivity index (χ4n) is 2.35. The molecule has 2 aromatic heterocycles. The van der Waals surface area contributed by atoms with Crippen LogP contribution in [0.3, 0.4) is 0 Å². The van der Waals surface area contributed by atoms with Gasteiger partial charge < -0.3 is 0 Å². The molecule has 0 aliphatic heterocycles. The minimum atomic E-state index is 0.00930. The summed E-state index contributed by atoms with van der Waals surface area (Å²) in [6, 6.07) is 8.36. The lowest BCUT2D eigenvalue weighted by atomic mass is 10.1. The maximum absolute atomic E-state index is 11.6. The van der Waals surface area contributed by atoms with Gasteiger partial charge in [0.25, 0.3) is 0 Å². The van der Waals surface area contributed by atoms with Crippen LogP contribution in [-0.4, -0.2) is 22.4 Å². The molecule has 2 heterocycles. The van der Waals surface area contributed by atoms with E-state index in [4.69, 9.17) is 0 Å². The fourth-order valence-corrected chi connectivity index (χ4v) is 3.97. The summed E-state index contributed by atoms with van der Waals surface area (Å²) in [5.74, 6) is 0.00930. The predicted molar refractivity (Wildman–Crippen MR) is 107 cm³/mol. The number of thiazole rings is 2. The molecule has 1 amide bonds. The number of carbonyl (C=O) groups excluding carboxylic acids is 1. The van der Waals surface area contributed by atoms with Gasteiger partial charge in [-0.2, -0.15) is 0 Å². The zero-order chi connectivity index (χ0) is 17.8. The van der Waals surface area contributed by atoms with Crippen molar-refractivity contribution >= 4 is 45.9 Å². The third-order valence-electron chi connectivity index (χ3n) is 3.70. The van der Waals surface area contributed by atoms with Crippen molar-refractivity contribution < 1.29 is 4.79 Å². The molecule has 128 valence electrons. The zero-order valence-electron chi connectivity index (χ0n) is 14.4. The molecule has 0 fully saturated rings. The standard InChI is InChI=1S/C19H19N3OS2/c1-4-22(14(3)23)19-20-16(11-25-19)9-10-18-21-17(12-24-18)15-7-5-13(2)6-8-15/h5-12H,4H2,1-3H3/b10-9+. The van der Waals surface area contributed by atoms with Crippen LogP contribution in [0.1, 0.15) is 30.1 Å². The third kappa shape index (κ3) is 4.21. The van der Waals surface area contributed by atoms with E-state index < -0.39 is 0 Å². The molecule has 0 aliphatic carbocycles. The predicted octanol–water partition coefficient (Wildman–Crippen LogP) is 5.12. The van der Waals surface area contributed by atoms with Gasteiger partial charge in [-0.1, -0.05) is 29.8 Å². The van der Waals surface area contributed by atoms with Crippen molar-refractivity contribution in [1.82, 2.24) is 9.97 Å². The first-order chi connectivity index (χ1) is 12.1. The number of aryl methyl sites for hydroxylation is 1. The Morgan fingerprint density at radius 2 is 1.88 bits per heavy atom. The molecule has 0 N–H and O–H groups in total. The molecule has 0 saturated heterocycles. The number of nitrogens with zero attached hydrogens (tertiary/aromatic N) is 3. The Hall–Kier alpha value is -2.31. The number of amides is 1. The van der Waals surface area contributed by atoms with E-state index in [1.165, 1.54) is 16.9 Å². The number of anilines is 1. The fraction of sp³-hybridized carbons (Fsp3) is 0.211. The molecule has 0 unspecified atom stereocenters. The molecule has 0 atom stereocenters. The molecule has 0 bridgehead atoms. The van der Waals surface area contributed by atoms with Crippen LogP contribution >= 0.6 is 22.7 Å². The smallest absolute Gasteiger partial charge is 0.225 e. The summed E-state index contributed by atoms with van der Waals surface area (Å²) in [6.07, 6.45) is 3.90. The minimum absolute atomic E-state index is 0.00930. The van der Waals surface area contributed by atoms with E-state index in [9.17, 15) is 4.79 Å². The first-order valence-electron chi connectivity index (χ1n) is 8.01. The quantitative estimate of drug-likeness (QED) is 0.627. The number of carbonyl (C=O) groups is 1. The Kier molecular flexibility index (Phi) is 5.40. The lowest BCUT2D eigenvalue weighted by Crippen LogP contribution is -2.27. The third-order valence-corrected chi connectivity index (χ3v) is 5.39. The normalized spacial score (nSPS) is 11.2. The summed E-state index contributed by atoms with van der Waals surface area (Å²) >= 11 is 3.08. The van der Waals surface area contributed by atoms with Crippen LogP contribution in [0.5, 0.6) is 0 Å². The van der Waals surface area contributed by atoms with Gasteiger partial charge in [0.2, 0.25) is 5.91 Å². The molecule has 6 heteroatoms. The number of hydrogen-bond acceptors (Lipinski definition) is 5. The molecular weight excluding hydrogens is 350 g/mol. The van der Waals surface area contributed by atoms with Crippen LogP contribution < -0.4 is 4.90 Å². The Balaban J connectivity index is 1.74. The molecule has 0 spiro atoms. The van der Waals surface area contributed by atoms with Crippen molar-refractivity contribution in [1.29, 1.82) is 0 Å². The molecule has 0 radical (unpaired) electrons. The largest absolute Gasteiger partial charge is 0.289 e. The van der Waals surface area contributed by atoms with Gasteiger partial charge in [-0.25, -0.2) is 9.97 Å². The summed E-state index contributed by atoms with van der Waals surface area (Å²) < 4.78 is 0. The zero-order valence-corrected chi connectivity index (χ0v) is 16.0. The van der Waals surface area contributed by atoms with Crippen molar-refractivity contribution in [3.8, 4) is 11.3 Å². The van der Waals surface area contributed by atoms with Gasteiger partial charge in [0.15, 0.2) is 5.13 Å². The SMILES string of the molecule is CCN(C(C)=O)c1nc(/C=C/c2nc(-c3ccc(C)cc3)cs2)cs1. The van der Waals surface area contributed by atoms with Crippen molar-refractivity contribution in [2.45, 2.75) is 20.8 Å². The van der Waals surface area contributed by atoms with Gasteiger partial charge in [0.05, 0.1) is 11.4 Å². The molecular formula is C19H19N3OS2. The van der Waals surface area contributed by atoms with Crippen LogP contribution in [0, 0.1) is 6.92 Å². The van der Waals surface area contributed by atoms with Crippen molar-refractivity contribution in [2.24, 2.45) is 0 Å². The molecule has 0 aliphatic rings. The van der Waals surface area contributed by atoms with Crippen molar-refractivity contribution in [2.75, 3.05) is 11.4 Å². The van der Waals surface area contributed by atoms with E-state index in [-0.39, 0.29) is 5.91 Å². The summed E-state index contributed by atoms with van der Waals surface area (Å²) in [4.78, 5) is 22.4. The topological polar surface area (TPSA) is 46.1 Å². The second-order valence-corrected chi connectivity index (χ2v) is 7.31. The van der Waals surface area contributed by atoms with Crippen LogP contribution in [-0.2, 0) is 4.79 Å². The Morgan fingerprint density at radius 3 is 2.56 bits per heavy atom. The molecule has 3 rings (SSSR count). The maximum atomic E-state index is 11.6. The van der Waals surface area contributed by atoms with Gasteiger partial charge in [0.1, 0.15) is 5.01 Å². The van der Waals surface area contributed by atoms with E-state index in [2.05, 4.69) is 46.5 Å². The monoisotopic (exact) mass is 369 g/mol. The van der Waals surface area contributed by atoms with Gasteiger partial charge >= 0.3 is 0 Å². The lowest BCUT2D eigenvalue weighted by molar-refractivity contribution is -0.116. The summed E-state index contributed by atoms with van der Waals surface area (Å²) in [6.45, 7) is 6.20. The Labute approximate surface area is 155 Å². The molecule has 0 saturated carbocycles. The van der Waals surface area contributed by atoms with E-state index in [1.54, 1.807) is 23.2 Å². The highest BCUT2D eigenvalue weighted by atomic mass is 32.1. The van der Waals surface area contributed by atoms with Crippen LogP contribution in [0.4, 0.5) is 5.13 Å². The highest BCUT2D eigenvalue weighted by Crippen LogP contribution is 2.25. The second-order valence-electron chi connectivity index (χ2n) is 5.59. The summed E-state index contributed by atoms with van der Waals surface area (Å²) in [5.41, 5.74) is 4.19. The molecule has 25 heavy (non-hydrogen) atoms. The van der Waals surface area contributed by atoms with E-state index in [1.807, 2.05) is 24.5 Å². The average molecular weight is 370 g/mol. The highest BCUT2D eigenvalue weighted by Gasteiger charge is 2.12. The van der Waals surface area contributed by atoms with Gasteiger partial charge in [-0.15, -0.1) is 22.7 Å². The maximum Gasteiger partial charge on any atom is 0.225 e. The summed E-state index contributed by atoms with van der Waals surface area (Å²) in [5, 5.41) is 5.68. The minimum Gasteiger partial charge on any atom is -0.289 e. The van der Waals surface area contributed by atoms with E-state index in [0.717, 1.165) is 27.1 Å². The van der Waals surface area contributed by atoms with Crippen LogP contribution in [0.25, 0.3) is 23.4 Å². The lowest BCUT2D eigenvalue weighted by Gasteiger charge is -2.14. The number of aromatic nitrogens is 2. The van der Waals surface area contributed by atoms with Gasteiger partial charge in [-0.05, 0) is 26.0 Å². The molecule has 1 aromatic carbocycles.